The summed E-state index contributed by atoms with van der Waals surface area (Å²) in [6.07, 6.45) is 1.65. The number of carbonyl (C=O) groups is 3. The highest BCUT2D eigenvalue weighted by atomic mass is 32.1. The van der Waals surface area contributed by atoms with Crippen LogP contribution in [0.25, 0.3) is 0 Å². The fourth-order valence-corrected chi connectivity index (χ4v) is 4.37. The van der Waals surface area contributed by atoms with E-state index in [1.54, 1.807) is 28.8 Å². The molecule has 2 amide bonds. The Labute approximate surface area is 166 Å². The summed E-state index contributed by atoms with van der Waals surface area (Å²) in [7, 11) is 1.30. The van der Waals surface area contributed by atoms with Crippen molar-refractivity contribution in [2.75, 3.05) is 25.6 Å². The quantitative estimate of drug-likeness (QED) is 0.766. The van der Waals surface area contributed by atoms with E-state index in [1.165, 1.54) is 18.4 Å². The van der Waals surface area contributed by atoms with Gasteiger partial charge in [0.25, 0.3) is 5.91 Å². The topological polar surface area (TPSA) is 103 Å². The van der Waals surface area contributed by atoms with Gasteiger partial charge in [-0.1, -0.05) is 0 Å². The van der Waals surface area contributed by atoms with Crippen molar-refractivity contribution in [3.63, 3.8) is 0 Å². The van der Waals surface area contributed by atoms with E-state index in [9.17, 15) is 14.4 Å². The van der Waals surface area contributed by atoms with Crippen LogP contribution in [-0.4, -0.2) is 52.9 Å². The molecule has 0 saturated carbocycles. The molecule has 1 aliphatic heterocycles. The molecule has 0 aromatic carbocycles. The SMILES string of the molecule is CCOC(=O)N1CCc2c(sc(NC(=O)c3ccnn3CC)c2C(=O)OC)C1. The van der Waals surface area contributed by atoms with E-state index in [1.807, 2.05) is 6.92 Å². The molecule has 3 rings (SSSR count). The number of hydrogen-bond donors (Lipinski definition) is 1. The maximum atomic E-state index is 12.7. The van der Waals surface area contributed by atoms with Gasteiger partial charge in [-0.25, -0.2) is 9.59 Å². The summed E-state index contributed by atoms with van der Waals surface area (Å²) in [6.45, 7) is 5.25. The minimum absolute atomic E-state index is 0.298. The van der Waals surface area contributed by atoms with Gasteiger partial charge in [0.1, 0.15) is 10.7 Å². The Bertz CT molecular complexity index is 904. The third kappa shape index (κ3) is 3.72. The molecule has 28 heavy (non-hydrogen) atoms. The van der Waals surface area contributed by atoms with Gasteiger partial charge in [0.2, 0.25) is 0 Å². The van der Waals surface area contributed by atoms with Crippen molar-refractivity contribution in [3.8, 4) is 0 Å². The minimum atomic E-state index is -0.513. The summed E-state index contributed by atoms with van der Waals surface area (Å²) in [5.74, 6) is -0.869. The first kappa shape index (κ1) is 19.9. The zero-order valence-electron chi connectivity index (χ0n) is 16.0. The lowest BCUT2D eigenvalue weighted by Gasteiger charge is -2.26. The van der Waals surface area contributed by atoms with Gasteiger partial charge in [0.15, 0.2) is 0 Å². The molecule has 0 radical (unpaired) electrons. The number of amides is 2. The van der Waals surface area contributed by atoms with E-state index < -0.39 is 12.1 Å². The van der Waals surface area contributed by atoms with Crippen LogP contribution in [0.1, 0.15) is 45.1 Å². The van der Waals surface area contributed by atoms with Gasteiger partial charge >= 0.3 is 12.1 Å². The van der Waals surface area contributed by atoms with Crippen LogP contribution in [0.4, 0.5) is 9.80 Å². The molecule has 10 heteroatoms. The average Bonchev–Trinajstić information content (AvgIpc) is 3.31. The van der Waals surface area contributed by atoms with E-state index in [2.05, 4.69) is 10.4 Å². The van der Waals surface area contributed by atoms with Gasteiger partial charge in [-0.05, 0) is 31.9 Å². The van der Waals surface area contributed by atoms with Crippen LogP contribution in [-0.2, 0) is 29.0 Å². The predicted octanol–water partition coefficient (Wildman–Crippen LogP) is 2.52. The van der Waals surface area contributed by atoms with Gasteiger partial charge in [-0.3, -0.25) is 9.48 Å². The van der Waals surface area contributed by atoms with E-state index in [4.69, 9.17) is 9.47 Å². The summed E-state index contributed by atoms with van der Waals surface area (Å²) in [6, 6.07) is 1.62. The van der Waals surface area contributed by atoms with Crippen LogP contribution < -0.4 is 5.32 Å². The van der Waals surface area contributed by atoms with Gasteiger partial charge in [-0.15, -0.1) is 11.3 Å². The number of aromatic nitrogens is 2. The number of nitrogens with zero attached hydrogens (tertiary/aromatic N) is 3. The van der Waals surface area contributed by atoms with Crippen LogP contribution in [0.15, 0.2) is 12.3 Å². The van der Waals surface area contributed by atoms with Gasteiger partial charge in [-0.2, -0.15) is 5.10 Å². The molecule has 0 fully saturated rings. The van der Waals surface area contributed by atoms with Crippen LogP contribution in [0.5, 0.6) is 0 Å². The number of hydrogen-bond acceptors (Lipinski definition) is 7. The van der Waals surface area contributed by atoms with Crippen molar-refractivity contribution < 1.29 is 23.9 Å². The normalized spacial score (nSPS) is 13.0. The molecular weight excluding hydrogens is 384 g/mol. The van der Waals surface area contributed by atoms with Crippen LogP contribution >= 0.6 is 11.3 Å². The Kier molecular flexibility index (Phi) is 5.98. The molecule has 1 N–H and O–H groups in total. The Hall–Kier alpha value is -2.88. The van der Waals surface area contributed by atoms with E-state index >= 15 is 0 Å². The zero-order valence-corrected chi connectivity index (χ0v) is 16.8. The number of rotatable bonds is 5. The van der Waals surface area contributed by atoms with Crippen LogP contribution in [0, 0.1) is 0 Å². The largest absolute Gasteiger partial charge is 0.465 e. The molecule has 9 nitrogen and oxygen atoms in total. The number of anilines is 1. The van der Waals surface area contributed by atoms with Crippen molar-refractivity contribution in [2.24, 2.45) is 0 Å². The first-order valence-corrected chi connectivity index (χ1v) is 9.79. The predicted molar refractivity (Wildman–Crippen MR) is 103 cm³/mol. The third-order valence-electron chi connectivity index (χ3n) is 4.45. The lowest BCUT2D eigenvalue weighted by atomic mass is 10.0. The minimum Gasteiger partial charge on any atom is -0.465 e. The Morgan fingerprint density at radius 1 is 1.32 bits per heavy atom. The lowest BCUT2D eigenvalue weighted by molar-refractivity contribution is 0.0600. The number of nitrogens with one attached hydrogen (secondary N) is 1. The smallest absolute Gasteiger partial charge is 0.410 e. The van der Waals surface area contributed by atoms with Gasteiger partial charge in [0, 0.05) is 24.2 Å². The Balaban J connectivity index is 1.90. The fourth-order valence-electron chi connectivity index (χ4n) is 3.12. The molecule has 2 aromatic heterocycles. The number of carbonyl (C=O) groups excluding carboxylic acids is 3. The Morgan fingerprint density at radius 3 is 2.79 bits per heavy atom. The molecule has 0 unspecified atom stereocenters. The first-order valence-electron chi connectivity index (χ1n) is 8.97. The third-order valence-corrected chi connectivity index (χ3v) is 5.58. The number of esters is 1. The second-order valence-electron chi connectivity index (χ2n) is 6.06. The number of fused-ring (bicyclic) bond motifs is 1. The van der Waals surface area contributed by atoms with Crippen LogP contribution in [0.3, 0.4) is 0 Å². The van der Waals surface area contributed by atoms with Crippen molar-refractivity contribution in [1.82, 2.24) is 14.7 Å². The highest BCUT2D eigenvalue weighted by Gasteiger charge is 2.31. The van der Waals surface area contributed by atoms with E-state index in [-0.39, 0.29) is 5.91 Å². The number of aryl methyl sites for hydroxylation is 1. The molecule has 1 aliphatic rings. The summed E-state index contributed by atoms with van der Waals surface area (Å²) in [5.41, 5.74) is 1.55. The number of thiophene rings is 1. The summed E-state index contributed by atoms with van der Waals surface area (Å²) >= 11 is 1.27. The van der Waals surface area contributed by atoms with Crippen LogP contribution in [0.2, 0.25) is 0 Å². The fraction of sp³-hybridized carbons (Fsp3) is 0.444. The molecular formula is C18H22N4O5S. The highest BCUT2D eigenvalue weighted by molar-refractivity contribution is 7.17. The second kappa shape index (κ2) is 8.42. The van der Waals surface area contributed by atoms with E-state index in [0.29, 0.717) is 48.9 Å². The molecule has 0 bridgehead atoms. The number of ether oxygens (including phenoxy) is 2. The Morgan fingerprint density at radius 2 is 2.11 bits per heavy atom. The van der Waals surface area contributed by atoms with Gasteiger partial charge < -0.3 is 19.7 Å². The molecule has 0 atom stereocenters. The van der Waals surface area contributed by atoms with Crippen molar-refractivity contribution in [1.29, 1.82) is 0 Å². The molecule has 2 aromatic rings. The first-order chi connectivity index (χ1) is 13.5. The monoisotopic (exact) mass is 406 g/mol. The molecule has 0 saturated heterocycles. The summed E-state index contributed by atoms with van der Waals surface area (Å²) in [5, 5.41) is 7.32. The zero-order chi connectivity index (χ0) is 20.3. The van der Waals surface area contributed by atoms with E-state index in [0.717, 1.165) is 10.4 Å². The molecule has 3 heterocycles. The molecule has 0 aliphatic carbocycles. The van der Waals surface area contributed by atoms with Gasteiger partial charge in [0.05, 0.1) is 25.8 Å². The van der Waals surface area contributed by atoms with Crippen molar-refractivity contribution >= 4 is 34.3 Å². The standard InChI is InChI=1S/C18H22N4O5S/c1-4-22-12(6-8-19-22)15(23)20-16-14(17(24)26-3)11-7-9-21(10-13(11)28-16)18(25)27-5-2/h6,8H,4-5,7,9-10H2,1-3H3,(H,20,23). The summed E-state index contributed by atoms with van der Waals surface area (Å²) < 4.78 is 11.6. The summed E-state index contributed by atoms with van der Waals surface area (Å²) in [4.78, 5) is 39.5. The molecule has 150 valence electrons. The number of methoxy groups -OCH3 is 1. The maximum Gasteiger partial charge on any atom is 0.410 e. The van der Waals surface area contributed by atoms with Crippen molar-refractivity contribution in [2.45, 2.75) is 33.4 Å². The second-order valence-corrected chi connectivity index (χ2v) is 7.16. The van der Waals surface area contributed by atoms with Crippen molar-refractivity contribution in [3.05, 3.63) is 34.0 Å². The highest BCUT2D eigenvalue weighted by Crippen LogP contribution is 2.38. The average molecular weight is 406 g/mol. The molecule has 0 spiro atoms. The lowest BCUT2D eigenvalue weighted by Crippen LogP contribution is -2.36. The maximum absolute atomic E-state index is 12.7.